The largest absolute Gasteiger partial charge is 0.454 e. The van der Waals surface area contributed by atoms with Crippen LogP contribution < -0.4 is 14.4 Å². The smallest absolute Gasteiger partial charge is 0.263 e. The highest BCUT2D eigenvalue weighted by molar-refractivity contribution is 7.22. The first kappa shape index (κ1) is 19.6. The van der Waals surface area contributed by atoms with E-state index in [-0.39, 0.29) is 12.4 Å². The molecule has 2 aromatic carbocycles. The molecule has 0 spiro atoms. The molecule has 1 amide bonds. The van der Waals surface area contributed by atoms with Gasteiger partial charge in [-0.15, -0.1) is 0 Å². The first-order valence-corrected chi connectivity index (χ1v) is 10.4. The summed E-state index contributed by atoms with van der Waals surface area (Å²) in [7, 11) is 0. The summed E-state index contributed by atoms with van der Waals surface area (Å²) in [5.74, 6) is 0.383. The number of hydrogen-bond donors (Lipinski definition) is 0. The van der Waals surface area contributed by atoms with Crippen molar-refractivity contribution in [3.63, 3.8) is 0 Å². The Hall–Kier alpha value is -2.71. The third-order valence-electron chi connectivity index (χ3n) is 4.99. The van der Waals surface area contributed by atoms with Crippen molar-refractivity contribution in [3.8, 4) is 11.5 Å². The number of ether oxygens (including phenoxy) is 2. The number of aromatic nitrogens is 1. The van der Waals surface area contributed by atoms with Crippen molar-refractivity contribution in [1.82, 2.24) is 9.88 Å². The molecule has 0 saturated heterocycles. The second kappa shape index (κ2) is 8.34. The van der Waals surface area contributed by atoms with Crippen molar-refractivity contribution >= 4 is 32.6 Å². The van der Waals surface area contributed by atoms with E-state index in [9.17, 15) is 9.18 Å². The van der Waals surface area contributed by atoms with Gasteiger partial charge >= 0.3 is 0 Å². The molecule has 0 radical (unpaired) electrons. The molecule has 152 valence electrons. The fourth-order valence-corrected chi connectivity index (χ4v) is 4.27. The Bertz CT molecular complexity index is 994. The number of anilines is 1. The Morgan fingerprint density at radius 2 is 1.86 bits per heavy atom. The number of carbonyl (C=O) groups excluding carboxylic acids is 1. The quantitative estimate of drug-likeness (QED) is 0.580. The summed E-state index contributed by atoms with van der Waals surface area (Å²) in [6.07, 6.45) is 0. The van der Waals surface area contributed by atoms with Gasteiger partial charge in [-0.2, -0.15) is 0 Å². The zero-order chi connectivity index (χ0) is 20.4. The molecule has 0 aliphatic carbocycles. The lowest BCUT2D eigenvalue weighted by atomic mass is 10.2. The molecule has 0 unspecified atom stereocenters. The second-order valence-electron chi connectivity index (χ2n) is 6.63. The van der Waals surface area contributed by atoms with Crippen LogP contribution in [0, 0.1) is 5.82 Å². The fourth-order valence-electron chi connectivity index (χ4n) is 3.27. The van der Waals surface area contributed by atoms with Crippen LogP contribution in [0.4, 0.5) is 9.52 Å². The molecule has 8 heteroatoms. The number of carbonyl (C=O) groups is 1. The maximum atomic E-state index is 14.3. The van der Waals surface area contributed by atoms with E-state index in [0.29, 0.717) is 29.7 Å². The predicted octanol–water partition coefficient (Wildman–Crippen LogP) is 4.15. The summed E-state index contributed by atoms with van der Waals surface area (Å²) in [5.41, 5.74) is 0.767. The number of rotatable bonds is 7. The van der Waals surface area contributed by atoms with Gasteiger partial charge in [0, 0.05) is 25.2 Å². The zero-order valence-corrected chi connectivity index (χ0v) is 17.2. The minimum absolute atomic E-state index is 0.0421. The van der Waals surface area contributed by atoms with Gasteiger partial charge in [0.25, 0.3) is 5.91 Å². The third-order valence-corrected chi connectivity index (χ3v) is 6.03. The number of likely N-dealkylation sites (N-methyl/N-ethyl adjacent to an activating group) is 1. The molecule has 4 rings (SSSR count). The Morgan fingerprint density at radius 3 is 2.59 bits per heavy atom. The normalized spacial score (nSPS) is 12.7. The lowest BCUT2D eigenvalue weighted by Gasteiger charge is -2.24. The molecule has 1 aromatic heterocycles. The summed E-state index contributed by atoms with van der Waals surface area (Å²) >= 11 is 1.38. The Kier molecular flexibility index (Phi) is 5.64. The van der Waals surface area contributed by atoms with E-state index in [1.54, 1.807) is 17.0 Å². The van der Waals surface area contributed by atoms with Crippen LogP contribution in [0.5, 0.6) is 11.5 Å². The molecule has 0 fully saturated rings. The minimum Gasteiger partial charge on any atom is -0.454 e. The summed E-state index contributed by atoms with van der Waals surface area (Å²) in [4.78, 5) is 21.6. The highest BCUT2D eigenvalue weighted by Crippen LogP contribution is 2.40. The number of halogens is 1. The number of nitrogens with zero attached hydrogens (tertiary/aromatic N) is 3. The van der Waals surface area contributed by atoms with Gasteiger partial charge in [0.1, 0.15) is 5.82 Å². The van der Waals surface area contributed by atoms with Crippen LogP contribution in [0.1, 0.15) is 24.2 Å². The molecule has 0 saturated carbocycles. The number of thiazole rings is 1. The SMILES string of the molecule is CCN(CC)CCN(C(=O)c1ccccc1F)c1nc2cc3c(cc2s1)OCO3. The molecular weight excluding hydrogens is 393 g/mol. The van der Waals surface area contributed by atoms with Crippen molar-refractivity contribution in [3.05, 3.63) is 47.8 Å². The van der Waals surface area contributed by atoms with Crippen LogP contribution in [0.25, 0.3) is 10.2 Å². The molecule has 0 N–H and O–H groups in total. The van der Waals surface area contributed by atoms with Crippen molar-refractivity contribution in [2.24, 2.45) is 0 Å². The Morgan fingerprint density at radius 1 is 1.14 bits per heavy atom. The van der Waals surface area contributed by atoms with Gasteiger partial charge in [-0.3, -0.25) is 9.69 Å². The second-order valence-corrected chi connectivity index (χ2v) is 7.64. The van der Waals surface area contributed by atoms with Crippen LogP contribution in [0.15, 0.2) is 36.4 Å². The summed E-state index contributed by atoms with van der Waals surface area (Å²) in [5, 5.41) is 0.532. The molecule has 6 nitrogen and oxygen atoms in total. The fraction of sp³-hybridized carbons (Fsp3) is 0.333. The molecule has 1 aliphatic heterocycles. The van der Waals surface area contributed by atoms with Crippen molar-refractivity contribution in [2.45, 2.75) is 13.8 Å². The van der Waals surface area contributed by atoms with Crippen LogP contribution in [-0.4, -0.2) is 48.8 Å². The molecule has 0 atom stereocenters. The van der Waals surface area contributed by atoms with Gasteiger partial charge in [-0.1, -0.05) is 37.3 Å². The lowest BCUT2D eigenvalue weighted by Crippen LogP contribution is -2.39. The standard InChI is InChI=1S/C21H22FN3O3S/c1-3-24(4-2)9-10-25(20(26)14-7-5-6-8-15(14)22)21-23-16-11-17-18(28-13-27-17)12-19(16)29-21/h5-8,11-12H,3-4,9-10,13H2,1-2H3. The molecule has 1 aliphatic rings. The number of hydrogen-bond acceptors (Lipinski definition) is 6. The van der Waals surface area contributed by atoms with Gasteiger partial charge in [-0.05, 0) is 25.2 Å². The van der Waals surface area contributed by atoms with E-state index in [1.807, 2.05) is 12.1 Å². The van der Waals surface area contributed by atoms with Crippen LogP contribution in [0.3, 0.4) is 0 Å². The number of benzene rings is 2. The summed E-state index contributed by atoms with van der Waals surface area (Å²) in [6.45, 7) is 7.19. The molecular formula is C21H22FN3O3S. The van der Waals surface area contributed by atoms with E-state index >= 15 is 0 Å². The van der Waals surface area contributed by atoms with Crippen LogP contribution >= 0.6 is 11.3 Å². The summed E-state index contributed by atoms with van der Waals surface area (Å²) in [6, 6.07) is 9.73. The monoisotopic (exact) mass is 415 g/mol. The van der Waals surface area contributed by atoms with Crippen molar-refractivity contribution in [1.29, 1.82) is 0 Å². The topological polar surface area (TPSA) is 54.9 Å². The minimum atomic E-state index is -0.535. The van der Waals surface area contributed by atoms with E-state index in [2.05, 4.69) is 23.7 Å². The van der Waals surface area contributed by atoms with Gasteiger partial charge in [0.2, 0.25) is 6.79 Å². The van der Waals surface area contributed by atoms with E-state index in [1.165, 1.54) is 23.5 Å². The first-order chi connectivity index (χ1) is 14.1. The highest BCUT2D eigenvalue weighted by atomic mass is 32.1. The first-order valence-electron chi connectivity index (χ1n) is 9.59. The summed E-state index contributed by atoms with van der Waals surface area (Å²) < 4.78 is 26.0. The molecule has 0 bridgehead atoms. The maximum Gasteiger partial charge on any atom is 0.263 e. The van der Waals surface area contributed by atoms with Gasteiger partial charge < -0.3 is 14.4 Å². The van der Waals surface area contributed by atoms with Gasteiger partial charge in [0.05, 0.1) is 15.8 Å². The van der Waals surface area contributed by atoms with E-state index in [4.69, 9.17) is 9.47 Å². The average molecular weight is 415 g/mol. The third kappa shape index (κ3) is 3.90. The number of fused-ring (bicyclic) bond motifs is 2. The van der Waals surface area contributed by atoms with Crippen LogP contribution in [0.2, 0.25) is 0 Å². The molecule has 29 heavy (non-hydrogen) atoms. The van der Waals surface area contributed by atoms with E-state index in [0.717, 1.165) is 23.3 Å². The Labute approximate surface area is 172 Å². The van der Waals surface area contributed by atoms with E-state index < -0.39 is 11.7 Å². The Balaban J connectivity index is 1.70. The van der Waals surface area contributed by atoms with Gasteiger partial charge in [-0.25, -0.2) is 9.37 Å². The predicted molar refractivity (Wildman–Crippen MR) is 112 cm³/mol. The molecule has 2 heterocycles. The average Bonchev–Trinajstić information content (AvgIpc) is 3.35. The van der Waals surface area contributed by atoms with Crippen LogP contribution in [-0.2, 0) is 0 Å². The lowest BCUT2D eigenvalue weighted by molar-refractivity contribution is 0.0980. The van der Waals surface area contributed by atoms with Gasteiger partial charge in [0.15, 0.2) is 16.6 Å². The maximum absolute atomic E-state index is 14.3. The number of amides is 1. The van der Waals surface area contributed by atoms with Crippen molar-refractivity contribution < 1.29 is 18.7 Å². The zero-order valence-electron chi connectivity index (χ0n) is 16.4. The highest BCUT2D eigenvalue weighted by Gasteiger charge is 2.25. The van der Waals surface area contributed by atoms with Crippen molar-refractivity contribution in [2.75, 3.05) is 37.9 Å². The molecule has 3 aromatic rings.